The van der Waals surface area contributed by atoms with Crippen molar-refractivity contribution < 1.29 is 46.5 Å². The van der Waals surface area contributed by atoms with Gasteiger partial charge in [0.15, 0.2) is 11.5 Å². The van der Waals surface area contributed by atoms with Crippen LogP contribution < -0.4 is 14.8 Å². The molecule has 0 saturated heterocycles. The number of carbonyl (C=O) groups is 2. The van der Waals surface area contributed by atoms with E-state index in [1.807, 2.05) is 0 Å². The van der Waals surface area contributed by atoms with Crippen molar-refractivity contribution in [3.05, 3.63) is 23.8 Å². The second-order valence-corrected chi connectivity index (χ2v) is 6.28. The number of hydrogen-bond acceptors (Lipinski definition) is 5. The average molecular weight is 397 g/mol. The molecule has 1 aromatic rings. The second kappa shape index (κ2) is 9.28. The van der Waals surface area contributed by atoms with Crippen LogP contribution in [-0.2, 0) is 16.0 Å². The minimum Gasteiger partial charge on any atom is -0.480 e. The van der Waals surface area contributed by atoms with Crippen LogP contribution in [0.3, 0.4) is 0 Å². The highest BCUT2D eigenvalue weighted by Gasteiger charge is 2.25. The SMILES string of the molecule is CC(C)(C)OC(=O)N[C@@H](Cc1ccc(OC(F)F)c(OC(F)F)c1)C(=O)O. The molecule has 0 unspecified atom stereocenters. The number of halogens is 4. The quantitative estimate of drug-likeness (QED) is 0.653. The maximum absolute atomic E-state index is 12.5. The molecule has 1 rings (SSSR count). The second-order valence-electron chi connectivity index (χ2n) is 6.28. The van der Waals surface area contributed by atoms with Crippen molar-refractivity contribution in [2.24, 2.45) is 0 Å². The van der Waals surface area contributed by atoms with Crippen LogP contribution in [0.4, 0.5) is 22.4 Å². The summed E-state index contributed by atoms with van der Waals surface area (Å²) in [5, 5.41) is 11.4. The minimum absolute atomic E-state index is 0.121. The van der Waals surface area contributed by atoms with Gasteiger partial charge < -0.3 is 24.6 Å². The molecule has 0 aromatic heterocycles. The van der Waals surface area contributed by atoms with E-state index in [1.165, 1.54) is 6.07 Å². The van der Waals surface area contributed by atoms with Crippen LogP contribution in [0.15, 0.2) is 18.2 Å². The smallest absolute Gasteiger partial charge is 0.408 e. The Bertz CT molecular complexity index is 663. The summed E-state index contributed by atoms with van der Waals surface area (Å²) in [5.74, 6) is -2.74. The van der Waals surface area contributed by atoms with Gasteiger partial charge in [0.05, 0.1) is 0 Å². The van der Waals surface area contributed by atoms with Gasteiger partial charge in [-0.1, -0.05) is 6.07 Å². The molecule has 152 valence electrons. The molecule has 2 N–H and O–H groups in total. The summed E-state index contributed by atoms with van der Waals surface area (Å²) in [4.78, 5) is 23.1. The molecule has 7 nitrogen and oxygen atoms in total. The van der Waals surface area contributed by atoms with Crippen molar-refractivity contribution in [2.45, 2.75) is 52.1 Å². The number of aliphatic carboxylic acids is 1. The van der Waals surface area contributed by atoms with Crippen LogP contribution in [0, 0.1) is 0 Å². The molecular formula is C16H19F4NO6. The van der Waals surface area contributed by atoms with E-state index in [-0.39, 0.29) is 12.0 Å². The van der Waals surface area contributed by atoms with Crippen LogP contribution >= 0.6 is 0 Å². The monoisotopic (exact) mass is 397 g/mol. The summed E-state index contributed by atoms with van der Waals surface area (Å²) in [6.07, 6.45) is -1.33. The highest BCUT2D eigenvalue weighted by Crippen LogP contribution is 2.31. The van der Waals surface area contributed by atoms with Gasteiger partial charge in [0, 0.05) is 6.42 Å². The third-order valence-corrected chi connectivity index (χ3v) is 2.87. The molecular weight excluding hydrogens is 378 g/mol. The Morgan fingerprint density at radius 2 is 1.63 bits per heavy atom. The van der Waals surface area contributed by atoms with E-state index in [9.17, 15) is 32.3 Å². The molecule has 0 spiro atoms. The third-order valence-electron chi connectivity index (χ3n) is 2.87. The summed E-state index contributed by atoms with van der Waals surface area (Å²) >= 11 is 0. The van der Waals surface area contributed by atoms with Crippen molar-refractivity contribution >= 4 is 12.1 Å². The Kier molecular flexibility index (Phi) is 7.68. The number of alkyl carbamates (subject to hydrolysis) is 1. The molecule has 0 aliphatic carbocycles. The Labute approximate surface area is 152 Å². The van der Waals surface area contributed by atoms with Gasteiger partial charge in [-0.05, 0) is 38.5 Å². The van der Waals surface area contributed by atoms with Crippen LogP contribution in [0.1, 0.15) is 26.3 Å². The van der Waals surface area contributed by atoms with E-state index in [4.69, 9.17) is 4.74 Å². The number of alkyl halides is 4. The summed E-state index contributed by atoms with van der Waals surface area (Å²) in [6.45, 7) is -1.83. The zero-order valence-electron chi connectivity index (χ0n) is 14.7. The first kappa shape index (κ1) is 22.3. The molecule has 1 amide bonds. The van der Waals surface area contributed by atoms with Crippen molar-refractivity contribution in [2.75, 3.05) is 0 Å². The Balaban J connectivity index is 2.98. The number of nitrogens with one attached hydrogen (secondary N) is 1. The molecule has 0 fully saturated rings. The molecule has 0 radical (unpaired) electrons. The summed E-state index contributed by atoms with van der Waals surface area (Å²) in [6, 6.07) is 1.59. The fraction of sp³-hybridized carbons (Fsp3) is 0.500. The van der Waals surface area contributed by atoms with E-state index >= 15 is 0 Å². The minimum atomic E-state index is -3.31. The first-order valence-corrected chi connectivity index (χ1v) is 7.62. The lowest BCUT2D eigenvalue weighted by atomic mass is 10.1. The van der Waals surface area contributed by atoms with Crippen LogP contribution in [-0.4, -0.2) is 42.0 Å². The van der Waals surface area contributed by atoms with Crippen molar-refractivity contribution in [1.29, 1.82) is 0 Å². The molecule has 27 heavy (non-hydrogen) atoms. The number of benzene rings is 1. The van der Waals surface area contributed by atoms with Crippen molar-refractivity contribution in [3.8, 4) is 11.5 Å². The predicted octanol–water partition coefficient (Wildman–Crippen LogP) is 3.41. The number of hydrogen-bond donors (Lipinski definition) is 2. The highest BCUT2D eigenvalue weighted by molar-refractivity contribution is 5.80. The van der Waals surface area contributed by atoms with Gasteiger partial charge in [-0.25, -0.2) is 9.59 Å². The normalized spacial score (nSPS) is 12.6. The number of carboxylic acid groups (broad SMARTS) is 1. The fourth-order valence-electron chi connectivity index (χ4n) is 1.95. The zero-order chi connectivity index (χ0) is 20.8. The number of carbonyl (C=O) groups excluding carboxylic acids is 1. The summed E-state index contributed by atoms with van der Waals surface area (Å²) in [5.41, 5.74) is -0.740. The fourth-order valence-corrected chi connectivity index (χ4v) is 1.95. The third kappa shape index (κ3) is 8.47. The first-order valence-electron chi connectivity index (χ1n) is 7.62. The Hall–Kier alpha value is -2.72. The molecule has 1 atom stereocenters. The van der Waals surface area contributed by atoms with Gasteiger partial charge in [0.2, 0.25) is 0 Å². The van der Waals surface area contributed by atoms with Crippen LogP contribution in [0.2, 0.25) is 0 Å². The molecule has 0 aliphatic heterocycles. The first-order chi connectivity index (χ1) is 12.4. The standard InChI is InChI=1S/C16H19F4NO6/c1-16(2,3)27-15(24)21-9(12(22)23)6-8-4-5-10(25-13(17)18)11(7-8)26-14(19)20/h4-5,7,9,13-14H,6H2,1-3H3,(H,21,24)(H,22,23)/t9-/m0/s1. The van der Waals surface area contributed by atoms with Crippen molar-refractivity contribution in [1.82, 2.24) is 5.32 Å². The number of ether oxygens (including phenoxy) is 3. The maximum Gasteiger partial charge on any atom is 0.408 e. The van der Waals surface area contributed by atoms with E-state index in [0.717, 1.165) is 12.1 Å². The van der Waals surface area contributed by atoms with E-state index in [0.29, 0.717) is 0 Å². The number of rotatable bonds is 8. The molecule has 0 heterocycles. The lowest BCUT2D eigenvalue weighted by Gasteiger charge is -2.22. The number of amides is 1. The average Bonchev–Trinajstić information content (AvgIpc) is 2.46. The van der Waals surface area contributed by atoms with E-state index in [2.05, 4.69) is 14.8 Å². The van der Waals surface area contributed by atoms with Crippen LogP contribution in [0.25, 0.3) is 0 Å². The van der Waals surface area contributed by atoms with Crippen molar-refractivity contribution in [3.63, 3.8) is 0 Å². The number of carboxylic acids is 1. The summed E-state index contributed by atoms with van der Waals surface area (Å²) in [7, 11) is 0. The van der Waals surface area contributed by atoms with Gasteiger partial charge >= 0.3 is 25.3 Å². The Morgan fingerprint density at radius 1 is 1.07 bits per heavy atom. The lowest BCUT2D eigenvalue weighted by molar-refractivity contribution is -0.139. The molecule has 0 aliphatic rings. The van der Waals surface area contributed by atoms with Gasteiger partial charge in [-0.3, -0.25) is 0 Å². The zero-order valence-corrected chi connectivity index (χ0v) is 14.7. The maximum atomic E-state index is 12.5. The molecule has 0 bridgehead atoms. The van der Waals surface area contributed by atoms with E-state index < -0.39 is 48.4 Å². The van der Waals surface area contributed by atoms with Gasteiger partial charge in [-0.15, -0.1) is 0 Å². The predicted molar refractivity (Wildman–Crippen MR) is 84.2 cm³/mol. The Morgan fingerprint density at radius 3 is 2.11 bits per heavy atom. The van der Waals surface area contributed by atoms with Gasteiger partial charge in [0.1, 0.15) is 11.6 Å². The topological polar surface area (TPSA) is 94.1 Å². The largest absolute Gasteiger partial charge is 0.480 e. The highest BCUT2D eigenvalue weighted by atomic mass is 19.3. The van der Waals surface area contributed by atoms with E-state index in [1.54, 1.807) is 20.8 Å². The van der Waals surface area contributed by atoms with Gasteiger partial charge in [-0.2, -0.15) is 17.6 Å². The molecule has 1 aromatic carbocycles. The molecule has 0 saturated carbocycles. The van der Waals surface area contributed by atoms with Gasteiger partial charge in [0.25, 0.3) is 0 Å². The van der Waals surface area contributed by atoms with Crippen LogP contribution in [0.5, 0.6) is 11.5 Å². The summed E-state index contributed by atoms with van der Waals surface area (Å²) < 4.78 is 62.7. The lowest BCUT2D eigenvalue weighted by Crippen LogP contribution is -2.44. The molecule has 11 heteroatoms.